The smallest absolute Gasteiger partial charge is 0.309 e. The molecule has 1 aromatic rings. The summed E-state index contributed by atoms with van der Waals surface area (Å²) >= 11 is 0. The first kappa shape index (κ1) is 10.6. The summed E-state index contributed by atoms with van der Waals surface area (Å²) < 4.78 is 4.94. The molecule has 4 nitrogen and oxygen atoms in total. The number of pyridine rings is 1. The van der Waals surface area contributed by atoms with E-state index in [4.69, 9.17) is 10.00 Å². The van der Waals surface area contributed by atoms with Gasteiger partial charge in [0.15, 0.2) is 0 Å². The van der Waals surface area contributed by atoms with Crippen LogP contribution in [0.5, 0.6) is 0 Å². The van der Waals surface area contributed by atoms with Gasteiger partial charge in [-0.15, -0.1) is 0 Å². The van der Waals surface area contributed by atoms with E-state index in [1.54, 1.807) is 13.0 Å². The highest BCUT2D eigenvalue weighted by molar-refractivity contribution is 5.77. The molecule has 0 amide bonds. The van der Waals surface area contributed by atoms with Gasteiger partial charge in [-0.1, -0.05) is 0 Å². The molecule has 2 rings (SSSR count). The molecule has 16 heavy (non-hydrogen) atoms. The average molecular weight is 216 g/mol. The zero-order valence-electron chi connectivity index (χ0n) is 9.01. The number of carbonyl (C=O) groups excluding carboxylic acids is 1. The largest absolute Gasteiger partial charge is 0.466 e. The molecular weight excluding hydrogens is 204 g/mol. The quantitative estimate of drug-likeness (QED) is 0.720. The molecule has 0 bridgehead atoms. The molecule has 0 radical (unpaired) electrons. The van der Waals surface area contributed by atoms with Crippen LogP contribution < -0.4 is 0 Å². The van der Waals surface area contributed by atoms with Crippen LogP contribution in [0.25, 0.3) is 0 Å². The number of nitrogens with zero attached hydrogens (tertiary/aromatic N) is 2. The van der Waals surface area contributed by atoms with E-state index >= 15 is 0 Å². The van der Waals surface area contributed by atoms with Gasteiger partial charge in [-0.05, 0) is 25.5 Å². The molecule has 1 aromatic heterocycles. The molecule has 1 saturated carbocycles. The molecule has 1 heterocycles. The van der Waals surface area contributed by atoms with Crippen LogP contribution in [0.2, 0.25) is 0 Å². The Bertz CT molecular complexity index is 433. The van der Waals surface area contributed by atoms with Crippen LogP contribution >= 0.6 is 0 Å². The molecule has 0 spiro atoms. The lowest BCUT2D eigenvalue weighted by atomic mass is 10.2. The van der Waals surface area contributed by atoms with Crippen molar-refractivity contribution in [3.8, 4) is 6.07 Å². The Hall–Kier alpha value is -1.89. The fourth-order valence-electron chi connectivity index (χ4n) is 1.72. The number of ether oxygens (including phenoxy) is 1. The maximum Gasteiger partial charge on any atom is 0.309 e. The molecule has 1 aliphatic carbocycles. The fourth-order valence-corrected chi connectivity index (χ4v) is 1.72. The van der Waals surface area contributed by atoms with Crippen LogP contribution in [0.4, 0.5) is 0 Å². The van der Waals surface area contributed by atoms with E-state index in [0.29, 0.717) is 12.2 Å². The summed E-state index contributed by atoms with van der Waals surface area (Å²) in [7, 11) is 0. The van der Waals surface area contributed by atoms with E-state index < -0.39 is 0 Å². The van der Waals surface area contributed by atoms with E-state index in [9.17, 15) is 4.79 Å². The highest BCUT2D eigenvalue weighted by atomic mass is 16.5. The monoisotopic (exact) mass is 216 g/mol. The van der Waals surface area contributed by atoms with Gasteiger partial charge in [0.25, 0.3) is 0 Å². The maximum atomic E-state index is 11.4. The molecule has 0 aromatic carbocycles. The third-order valence-electron chi connectivity index (χ3n) is 2.68. The zero-order valence-corrected chi connectivity index (χ0v) is 9.01. The summed E-state index contributed by atoms with van der Waals surface area (Å²) in [6.45, 7) is 2.22. The van der Waals surface area contributed by atoms with Crippen molar-refractivity contribution >= 4 is 5.97 Å². The Balaban J connectivity index is 2.01. The van der Waals surface area contributed by atoms with Crippen molar-refractivity contribution in [1.29, 1.82) is 5.26 Å². The van der Waals surface area contributed by atoms with E-state index in [1.165, 1.54) is 6.20 Å². The Morgan fingerprint density at radius 3 is 3.06 bits per heavy atom. The Kier molecular flexibility index (Phi) is 2.86. The number of rotatable bonds is 3. The molecule has 0 aliphatic heterocycles. The standard InChI is InChI=1S/C12H12N2O2/c1-2-16-12(15)10-5-9(10)11-4-3-8(6-13)7-14-11/h3-4,7,9-10H,2,5H2,1H3/t9-,10-/m0/s1. The summed E-state index contributed by atoms with van der Waals surface area (Å²) in [6.07, 6.45) is 2.34. The number of carbonyl (C=O) groups is 1. The van der Waals surface area contributed by atoms with E-state index in [1.807, 2.05) is 12.1 Å². The summed E-state index contributed by atoms with van der Waals surface area (Å²) in [5.74, 6) is -0.00848. The third kappa shape index (κ3) is 2.03. The number of aromatic nitrogens is 1. The minimum absolute atomic E-state index is 0.0413. The lowest BCUT2D eigenvalue weighted by Gasteiger charge is -2.00. The second kappa shape index (κ2) is 4.31. The number of nitriles is 1. The SMILES string of the molecule is CCOC(=O)[C@H]1C[C@@H]1c1ccc(C#N)cn1. The Labute approximate surface area is 93.9 Å². The first-order valence-electron chi connectivity index (χ1n) is 5.29. The summed E-state index contributed by atoms with van der Waals surface area (Å²) in [6, 6.07) is 5.55. The molecule has 0 N–H and O–H groups in total. The summed E-state index contributed by atoms with van der Waals surface area (Å²) in [5, 5.41) is 8.63. The second-order valence-electron chi connectivity index (χ2n) is 3.78. The van der Waals surface area contributed by atoms with Gasteiger partial charge >= 0.3 is 5.97 Å². The third-order valence-corrected chi connectivity index (χ3v) is 2.68. The van der Waals surface area contributed by atoms with Crippen LogP contribution in [0.3, 0.4) is 0 Å². The molecule has 2 atom stereocenters. The molecule has 4 heteroatoms. The summed E-state index contributed by atoms with van der Waals surface area (Å²) in [5.41, 5.74) is 1.41. The van der Waals surface area contributed by atoms with Crippen LogP contribution in [0.1, 0.15) is 30.5 Å². The Morgan fingerprint density at radius 2 is 2.50 bits per heavy atom. The van der Waals surface area contributed by atoms with Gasteiger partial charge in [0.05, 0.1) is 18.1 Å². The molecule has 82 valence electrons. The topological polar surface area (TPSA) is 63.0 Å². The van der Waals surface area contributed by atoms with Crippen LogP contribution in [-0.2, 0) is 9.53 Å². The average Bonchev–Trinajstić information content (AvgIpc) is 3.09. The summed E-state index contributed by atoms with van der Waals surface area (Å²) in [4.78, 5) is 15.6. The van der Waals surface area contributed by atoms with Gasteiger partial charge in [-0.3, -0.25) is 9.78 Å². The first-order valence-corrected chi connectivity index (χ1v) is 5.29. The van der Waals surface area contributed by atoms with Gasteiger partial charge in [0, 0.05) is 17.8 Å². The lowest BCUT2D eigenvalue weighted by Crippen LogP contribution is -2.07. The van der Waals surface area contributed by atoms with Crippen molar-refractivity contribution in [3.63, 3.8) is 0 Å². The maximum absolute atomic E-state index is 11.4. The van der Waals surface area contributed by atoms with Crippen molar-refractivity contribution in [3.05, 3.63) is 29.6 Å². The van der Waals surface area contributed by atoms with Crippen molar-refractivity contribution in [2.24, 2.45) is 5.92 Å². The number of esters is 1. The first-order chi connectivity index (χ1) is 7.76. The van der Waals surface area contributed by atoms with Gasteiger partial charge in [0.2, 0.25) is 0 Å². The van der Waals surface area contributed by atoms with Gasteiger partial charge in [-0.2, -0.15) is 5.26 Å². The number of hydrogen-bond acceptors (Lipinski definition) is 4. The van der Waals surface area contributed by atoms with Crippen LogP contribution in [0, 0.1) is 17.2 Å². The van der Waals surface area contributed by atoms with Crippen molar-refractivity contribution < 1.29 is 9.53 Å². The van der Waals surface area contributed by atoms with Gasteiger partial charge in [0.1, 0.15) is 6.07 Å². The fraction of sp³-hybridized carbons (Fsp3) is 0.417. The predicted octanol–water partition coefficient (Wildman–Crippen LogP) is 1.62. The van der Waals surface area contributed by atoms with Crippen molar-refractivity contribution in [2.75, 3.05) is 6.61 Å². The van der Waals surface area contributed by atoms with E-state index in [2.05, 4.69) is 4.98 Å². The van der Waals surface area contributed by atoms with E-state index in [0.717, 1.165) is 12.1 Å². The van der Waals surface area contributed by atoms with Gasteiger partial charge < -0.3 is 4.74 Å². The molecule has 0 saturated heterocycles. The second-order valence-corrected chi connectivity index (χ2v) is 3.78. The van der Waals surface area contributed by atoms with Crippen molar-refractivity contribution in [1.82, 2.24) is 4.98 Å². The van der Waals surface area contributed by atoms with Crippen molar-refractivity contribution in [2.45, 2.75) is 19.3 Å². The van der Waals surface area contributed by atoms with Crippen LogP contribution in [-0.4, -0.2) is 17.6 Å². The number of hydrogen-bond donors (Lipinski definition) is 0. The lowest BCUT2D eigenvalue weighted by molar-refractivity contribution is -0.144. The highest BCUT2D eigenvalue weighted by Gasteiger charge is 2.46. The zero-order chi connectivity index (χ0) is 11.5. The molecule has 1 aliphatic rings. The minimum Gasteiger partial charge on any atom is -0.466 e. The van der Waals surface area contributed by atoms with E-state index in [-0.39, 0.29) is 17.8 Å². The predicted molar refractivity (Wildman–Crippen MR) is 56.4 cm³/mol. The molecule has 0 unspecified atom stereocenters. The minimum atomic E-state index is -0.140. The normalized spacial score (nSPS) is 22.2. The van der Waals surface area contributed by atoms with Crippen LogP contribution in [0.15, 0.2) is 18.3 Å². The van der Waals surface area contributed by atoms with Gasteiger partial charge in [-0.25, -0.2) is 0 Å². The highest BCUT2D eigenvalue weighted by Crippen LogP contribution is 2.47. The molecule has 1 fully saturated rings. The Morgan fingerprint density at radius 1 is 1.69 bits per heavy atom. The molecular formula is C12H12N2O2.